The van der Waals surface area contributed by atoms with Gasteiger partial charge in [-0.05, 0) is 6.42 Å². The lowest BCUT2D eigenvalue weighted by atomic mass is 10.2. The van der Waals surface area contributed by atoms with Crippen LogP contribution in [0.1, 0.15) is 19.8 Å². The van der Waals surface area contributed by atoms with Gasteiger partial charge in [-0.25, -0.2) is 4.79 Å². The van der Waals surface area contributed by atoms with Crippen molar-refractivity contribution in [3.8, 4) is 0 Å². The highest BCUT2D eigenvalue weighted by Crippen LogP contribution is 1.98. The smallest absolute Gasteiger partial charge is 0.361 e. The fourth-order valence-electron chi connectivity index (χ4n) is 1.07. The van der Waals surface area contributed by atoms with E-state index in [0.29, 0.717) is 6.61 Å². The summed E-state index contributed by atoms with van der Waals surface area (Å²) >= 11 is 0. The monoisotopic (exact) mass is 212 g/mol. The molecule has 7 heteroatoms. The van der Waals surface area contributed by atoms with Crippen molar-refractivity contribution in [3.05, 3.63) is 5.53 Å². The Hall–Kier alpha value is -1.72. The molecule has 82 valence electrons. The number of urea groups is 1. The van der Waals surface area contributed by atoms with Gasteiger partial charge in [0.15, 0.2) is 0 Å². The van der Waals surface area contributed by atoms with Gasteiger partial charge in [-0.15, -0.1) is 0 Å². The number of hydrogen-bond acceptors (Lipinski definition) is 3. The molecule has 1 saturated heterocycles. The van der Waals surface area contributed by atoms with Crippen molar-refractivity contribution in [1.82, 2.24) is 10.6 Å². The number of nitrogens with one attached hydrogen (secondary N) is 2. The van der Waals surface area contributed by atoms with E-state index in [2.05, 4.69) is 10.1 Å². The Balaban J connectivity index is 2.62. The molecular weight excluding hydrogens is 200 g/mol. The highest BCUT2D eigenvalue weighted by atomic mass is 16.5. The minimum atomic E-state index is -0.970. The van der Waals surface area contributed by atoms with Gasteiger partial charge < -0.3 is 15.6 Å². The molecule has 7 nitrogen and oxygen atoms in total. The van der Waals surface area contributed by atoms with Crippen molar-refractivity contribution in [3.63, 3.8) is 0 Å². The Bertz CT molecular complexity index is 322. The van der Waals surface area contributed by atoms with Crippen LogP contribution in [0.15, 0.2) is 0 Å². The number of hydrogen-bond donors (Lipinski definition) is 2. The minimum absolute atomic E-state index is 0.245. The molecule has 1 fully saturated rings. The van der Waals surface area contributed by atoms with Gasteiger partial charge in [-0.3, -0.25) is 10.1 Å². The van der Waals surface area contributed by atoms with Gasteiger partial charge >= 0.3 is 17.6 Å². The van der Waals surface area contributed by atoms with Gasteiger partial charge in [0.05, 0.1) is 0 Å². The van der Waals surface area contributed by atoms with Crippen molar-refractivity contribution in [2.24, 2.45) is 0 Å². The van der Waals surface area contributed by atoms with E-state index in [4.69, 9.17) is 10.3 Å². The van der Waals surface area contributed by atoms with E-state index in [1.807, 2.05) is 12.2 Å². The molecule has 2 N–H and O–H groups in total. The molecule has 0 saturated carbocycles. The molecule has 15 heavy (non-hydrogen) atoms. The molecule has 0 aromatic heterocycles. The predicted molar refractivity (Wildman–Crippen MR) is 49.9 cm³/mol. The lowest BCUT2D eigenvalue weighted by Crippen LogP contribution is -2.60. The van der Waals surface area contributed by atoms with Crippen LogP contribution in [0.2, 0.25) is 0 Å². The number of nitrogens with zero attached hydrogens (tertiary/aromatic N) is 2. The third-order valence-corrected chi connectivity index (χ3v) is 1.86. The van der Waals surface area contributed by atoms with Crippen LogP contribution >= 0.6 is 0 Å². The molecule has 1 aliphatic rings. The zero-order chi connectivity index (χ0) is 11.3. The van der Waals surface area contributed by atoms with Gasteiger partial charge in [0.2, 0.25) is 6.23 Å². The Kier molecular flexibility index (Phi) is 3.96. The van der Waals surface area contributed by atoms with Crippen LogP contribution in [0, 0.1) is 0 Å². The number of amides is 3. The van der Waals surface area contributed by atoms with Gasteiger partial charge in [-0.1, -0.05) is 13.3 Å². The van der Waals surface area contributed by atoms with Crippen LogP contribution in [-0.2, 0) is 9.53 Å². The van der Waals surface area contributed by atoms with Gasteiger partial charge in [0.1, 0.15) is 0 Å². The maximum atomic E-state index is 11.1. The van der Waals surface area contributed by atoms with Crippen LogP contribution in [0.3, 0.4) is 0 Å². The Labute approximate surface area is 86.4 Å². The largest absolute Gasteiger partial charge is 0.405 e. The van der Waals surface area contributed by atoms with E-state index in [-0.39, 0.29) is 5.71 Å². The Morgan fingerprint density at radius 3 is 2.87 bits per heavy atom. The van der Waals surface area contributed by atoms with E-state index in [0.717, 1.165) is 12.8 Å². The molecule has 1 aliphatic heterocycles. The third-order valence-electron chi connectivity index (χ3n) is 1.86. The number of ether oxygens (including phenoxy) is 1. The number of imide groups is 1. The van der Waals surface area contributed by atoms with Crippen molar-refractivity contribution in [2.45, 2.75) is 26.0 Å². The molecule has 0 bridgehead atoms. The topological polar surface area (TPSA) is 104 Å². The molecule has 1 unspecified atom stereocenters. The predicted octanol–water partition coefficient (Wildman–Crippen LogP) is -0.361. The van der Waals surface area contributed by atoms with Crippen LogP contribution in [0.25, 0.3) is 5.53 Å². The molecule has 0 spiro atoms. The molecular formula is C8H12N4O3. The van der Waals surface area contributed by atoms with E-state index in [1.165, 1.54) is 0 Å². The van der Waals surface area contributed by atoms with E-state index in [1.54, 1.807) is 0 Å². The van der Waals surface area contributed by atoms with Crippen molar-refractivity contribution in [2.75, 3.05) is 6.61 Å². The lowest BCUT2D eigenvalue weighted by Gasteiger charge is -2.19. The van der Waals surface area contributed by atoms with Crippen LogP contribution < -0.4 is 10.6 Å². The summed E-state index contributed by atoms with van der Waals surface area (Å²) in [5.41, 5.74) is 8.33. The van der Waals surface area contributed by atoms with E-state index < -0.39 is 18.2 Å². The zero-order valence-corrected chi connectivity index (χ0v) is 8.32. The molecule has 0 aliphatic carbocycles. The molecule has 3 amide bonds. The van der Waals surface area contributed by atoms with E-state index in [9.17, 15) is 9.59 Å². The summed E-state index contributed by atoms with van der Waals surface area (Å²) in [6.07, 6.45) is 0.758. The number of rotatable bonds is 4. The van der Waals surface area contributed by atoms with Crippen LogP contribution in [0.5, 0.6) is 0 Å². The summed E-state index contributed by atoms with van der Waals surface area (Å²) in [5.74, 6) is -0.747. The first-order valence-electron chi connectivity index (χ1n) is 4.64. The summed E-state index contributed by atoms with van der Waals surface area (Å²) < 4.78 is 5.18. The molecule has 1 rings (SSSR count). The fourth-order valence-corrected chi connectivity index (χ4v) is 1.07. The SMILES string of the molecule is CCCCOC1NC(=O)NC(=O)C1=[N+]=[N-]. The molecule has 1 heterocycles. The number of carbonyl (C=O) groups excluding carboxylic acids is 2. The van der Waals surface area contributed by atoms with Crippen molar-refractivity contribution >= 4 is 17.6 Å². The fraction of sp³-hybridized carbons (Fsp3) is 0.625. The normalized spacial score (nSPS) is 20.6. The molecule has 0 radical (unpaired) electrons. The highest BCUT2D eigenvalue weighted by Gasteiger charge is 2.39. The maximum Gasteiger partial charge on any atom is 0.405 e. The zero-order valence-electron chi connectivity index (χ0n) is 8.32. The van der Waals surface area contributed by atoms with Gasteiger partial charge in [-0.2, -0.15) is 4.79 Å². The summed E-state index contributed by atoms with van der Waals surface area (Å²) in [6, 6.07) is -0.658. The van der Waals surface area contributed by atoms with Crippen molar-refractivity contribution < 1.29 is 19.1 Å². The first-order valence-corrected chi connectivity index (χ1v) is 4.64. The van der Waals surface area contributed by atoms with Crippen molar-refractivity contribution in [1.29, 1.82) is 0 Å². The highest BCUT2D eigenvalue weighted by molar-refractivity contribution is 6.42. The van der Waals surface area contributed by atoms with Gasteiger partial charge in [0, 0.05) is 6.61 Å². The second-order valence-corrected chi connectivity index (χ2v) is 3.02. The molecule has 0 aromatic carbocycles. The Morgan fingerprint density at radius 1 is 1.53 bits per heavy atom. The first kappa shape index (κ1) is 11.4. The number of carbonyl (C=O) groups is 2. The average Bonchev–Trinajstić information content (AvgIpc) is 2.17. The summed E-state index contributed by atoms with van der Waals surface area (Å²) in [4.78, 5) is 24.8. The third kappa shape index (κ3) is 2.87. The minimum Gasteiger partial charge on any atom is -0.361 e. The summed E-state index contributed by atoms with van der Waals surface area (Å²) in [7, 11) is 0. The molecule has 1 atom stereocenters. The number of unbranched alkanes of at least 4 members (excludes halogenated alkanes) is 1. The lowest BCUT2D eigenvalue weighted by molar-refractivity contribution is -0.122. The average molecular weight is 212 g/mol. The second kappa shape index (κ2) is 5.23. The second-order valence-electron chi connectivity index (χ2n) is 3.02. The Morgan fingerprint density at radius 2 is 2.27 bits per heavy atom. The maximum absolute atomic E-state index is 11.1. The summed E-state index contributed by atoms with van der Waals surface area (Å²) in [5, 5.41) is 4.26. The van der Waals surface area contributed by atoms with E-state index >= 15 is 0 Å². The van der Waals surface area contributed by atoms with Crippen LogP contribution in [-0.4, -0.2) is 35.3 Å². The molecule has 0 aromatic rings. The summed E-state index contributed by atoms with van der Waals surface area (Å²) in [6.45, 7) is 2.37. The van der Waals surface area contributed by atoms with Gasteiger partial charge in [0.25, 0.3) is 0 Å². The standard InChI is InChI=1S/C8H12N4O3/c1-2-3-4-15-7-5(12-9)6(13)10-8(14)11-7/h7H,2-4H2,1H3,(H2,10,11,13,14). The quantitative estimate of drug-likeness (QED) is 0.377. The first-order chi connectivity index (χ1) is 7.19. The van der Waals surface area contributed by atoms with Crippen LogP contribution in [0.4, 0.5) is 4.79 Å².